The van der Waals surface area contributed by atoms with Gasteiger partial charge in [0.25, 0.3) is 0 Å². The molecule has 4 bridgehead atoms. The molecule has 0 amide bonds. The lowest BCUT2D eigenvalue weighted by Gasteiger charge is -2.66. The van der Waals surface area contributed by atoms with Crippen LogP contribution in [0, 0.1) is 29.1 Å². The molecule has 0 radical (unpaired) electrons. The Morgan fingerprint density at radius 1 is 1.20 bits per heavy atom. The molecule has 0 aromatic heterocycles. The van der Waals surface area contributed by atoms with Crippen LogP contribution in [-0.4, -0.2) is 21.8 Å². The second-order valence-electron chi connectivity index (χ2n) is 7.80. The van der Waals surface area contributed by atoms with Gasteiger partial charge in [-0.05, 0) is 62.7 Å². The van der Waals surface area contributed by atoms with Gasteiger partial charge in [0.1, 0.15) is 0 Å². The van der Waals surface area contributed by atoms with Gasteiger partial charge < -0.3 is 10.2 Å². The number of rotatable bonds is 3. The smallest absolute Gasteiger partial charge is 0.330 e. The van der Waals surface area contributed by atoms with Crippen LogP contribution in [0.4, 0.5) is 0 Å². The highest BCUT2D eigenvalue weighted by Gasteiger charge is 2.65. The largest absolute Gasteiger partial charge is 0.478 e. The van der Waals surface area contributed by atoms with Gasteiger partial charge in [0, 0.05) is 11.0 Å². The van der Waals surface area contributed by atoms with Gasteiger partial charge in [-0.25, -0.2) is 4.79 Å². The zero-order valence-electron chi connectivity index (χ0n) is 12.7. The minimum Gasteiger partial charge on any atom is -0.478 e. The average Bonchev–Trinajstić information content (AvgIpc) is 2.31. The molecule has 4 aliphatic rings. The van der Waals surface area contributed by atoms with Crippen LogP contribution in [0.1, 0.15) is 52.9 Å². The Bertz CT molecular complexity index is 451. The predicted molar refractivity (Wildman–Crippen MR) is 77.2 cm³/mol. The van der Waals surface area contributed by atoms with Crippen molar-refractivity contribution in [3.8, 4) is 0 Å². The van der Waals surface area contributed by atoms with Crippen molar-refractivity contribution in [1.82, 2.24) is 0 Å². The number of aliphatic hydroxyl groups is 1. The third kappa shape index (κ3) is 1.71. The van der Waals surface area contributed by atoms with E-state index in [-0.39, 0.29) is 11.3 Å². The SMILES string of the molecule is CC(=CC1(C(C)C)C2CC3CC(C2)CC1(O)C3)C(=O)O. The summed E-state index contributed by atoms with van der Waals surface area (Å²) in [5.41, 5.74) is -0.644. The van der Waals surface area contributed by atoms with Crippen LogP contribution in [0.25, 0.3) is 0 Å². The normalized spacial score (nSPS) is 47.0. The molecule has 0 saturated heterocycles. The highest BCUT2D eigenvalue weighted by Crippen LogP contribution is 2.67. The average molecular weight is 278 g/mol. The van der Waals surface area contributed by atoms with Gasteiger partial charge in [-0.1, -0.05) is 19.9 Å². The summed E-state index contributed by atoms with van der Waals surface area (Å²) in [7, 11) is 0. The zero-order chi connectivity index (χ0) is 14.7. The van der Waals surface area contributed by atoms with Crippen molar-refractivity contribution in [2.45, 2.75) is 58.5 Å². The summed E-state index contributed by atoms with van der Waals surface area (Å²) >= 11 is 0. The fourth-order valence-electron chi connectivity index (χ4n) is 5.91. The summed E-state index contributed by atoms with van der Waals surface area (Å²) in [4.78, 5) is 11.3. The van der Waals surface area contributed by atoms with Crippen LogP contribution in [0.3, 0.4) is 0 Å². The maximum Gasteiger partial charge on any atom is 0.330 e. The molecule has 4 saturated carbocycles. The van der Waals surface area contributed by atoms with Crippen molar-refractivity contribution < 1.29 is 15.0 Å². The Balaban J connectivity index is 2.10. The molecule has 0 aromatic carbocycles. The first-order chi connectivity index (χ1) is 9.28. The molecule has 3 heteroatoms. The van der Waals surface area contributed by atoms with E-state index in [0.29, 0.717) is 23.3 Å². The molecule has 3 atom stereocenters. The van der Waals surface area contributed by atoms with Gasteiger partial charge in [-0.2, -0.15) is 0 Å². The summed E-state index contributed by atoms with van der Waals surface area (Å²) in [5, 5.41) is 20.6. The maximum atomic E-state index is 11.4. The van der Waals surface area contributed by atoms with E-state index in [4.69, 9.17) is 0 Å². The molecule has 112 valence electrons. The molecule has 4 aliphatic carbocycles. The summed E-state index contributed by atoms with van der Waals surface area (Å²) in [6, 6.07) is 0. The lowest BCUT2D eigenvalue weighted by molar-refractivity contribution is -0.223. The van der Waals surface area contributed by atoms with Crippen molar-refractivity contribution in [3.05, 3.63) is 11.6 Å². The monoisotopic (exact) mass is 278 g/mol. The van der Waals surface area contributed by atoms with Crippen molar-refractivity contribution in [3.63, 3.8) is 0 Å². The predicted octanol–water partition coefficient (Wildman–Crippen LogP) is 3.23. The third-order valence-electron chi connectivity index (χ3n) is 6.38. The molecule has 0 spiro atoms. The number of aliphatic carboxylic acids is 1. The van der Waals surface area contributed by atoms with Crippen LogP contribution in [-0.2, 0) is 4.79 Å². The minimum absolute atomic E-state index is 0.270. The molecule has 2 N–H and O–H groups in total. The Morgan fingerprint density at radius 3 is 2.15 bits per heavy atom. The Hall–Kier alpha value is -0.830. The third-order valence-corrected chi connectivity index (χ3v) is 6.38. The van der Waals surface area contributed by atoms with E-state index >= 15 is 0 Å². The molecular formula is C17H26O3. The second-order valence-corrected chi connectivity index (χ2v) is 7.80. The Morgan fingerprint density at radius 2 is 1.75 bits per heavy atom. The lowest BCUT2D eigenvalue weighted by Crippen LogP contribution is -2.65. The highest BCUT2D eigenvalue weighted by molar-refractivity contribution is 5.86. The molecule has 0 aliphatic heterocycles. The zero-order valence-corrected chi connectivity index (χ0v) is 12.7. The topological polar surface area (TPSA) is 57.5 Å². The molecule has 4 fully saturated rings. The quantitative estimate of drug-likeness (QED) is 0.779. The van der Waals surface area contributed by atoms with E-state index < -0.39 is 11.6 Å². The van der Waals surface area contributed by atoms with E-state index in [0.717, 1.165) is 12.8 Å². The molecule has 3 nitrogen and oxygen atoms in total. The van der Waals surface area contributed by atoms with Crippen LogP contribution < -0.4 is 0 Å². The molecule has 20 heavy (non-hydrogen) atoms. The lowest BCUT2D eigenvalue weighted by atomic mass is 9.40. The van der Waals surface area contributed by atoms with Gasteiger partial charge >= 0.3 is 5.97 Å². The fraction of sp³-hybridized carbons (Fsp3) is 0.824. The molecule has 3 unspecified atom stereocenters. The van der Waals surface area contributed by atoms with Crippen LogP contribution in [0.5, 0.6) is 0 Å². The summed E-state index contributed by atoms with van der Waals surface area (Å²) in [5.74, 6) is 1.17. The van der Waals surface area contributed by atoms with Crippen molar-refractivity contribution >= 4 is 5.97 Å². The van der Waals surface area contributed by atoms with Gasteiger partial charge in [-0.3, -0.25) is 0 Å². The van der Waals surface area contributed by atoms with Crippen LogP contribution in [0.2, 0.25) is 0 Å². The number of carboxylic acid groups (broad SMARTS) is 1. The standard InChI is InChI=1S/C17H26O3/c1-10(2)17(7-11(3)15(18)19)14-5-12-4-13(6-14)9-16(17,20)8-12/h7,10,12-14,20H,4-6,8-9H2,1-3H3,(H,18,19). The van der Waals surface area contributed by atoms with E-state index in [9.17, 15) is 15.0 Å². The Labute approximate surface area is 121 Å². The first kappa shape index (κ1) is 14.1. The first-order valence-electron chi connectivity index (χ1n) is 7.93. The van der Waals surface area contributed by atoms with E-state index in [1.54, 1.807) is 6.92 Å². The molecule has 0 aromatic rings. The highest BCUT2D eigenvalue weighted by atomic mass is 16.4. The second kappa shape index (κ2) is 4.33. The van der Waals surface area contributed by atoms with Gasteiger partial charge in [0.15, 0.2) is 0 Å². The molecule has 0 heterocycles. The van der Waals surface area contributed by atoms with Crippen molar-refractivity contribution in [2.24, 2.45) is 29.1 Å². The van der Waals surface area contributed by atoms with E-state index in [2.05, 4.69) is 13.8 Å². The van der Waals surface area contributed by atoms with Crippen molar-refractivity contribution in [2.75, 3.05) is 0 Å². The summed E-state index contributed by atoms with van der Waals surface area (Å²) in [6.45, 7) is 5.96. The van der Waals surface area contributed by atoms with Gasteiger partial charge in [0.2, 0.25) is 0 Å². The number of hydrogen-bond acceptors (Lipinski definition) is 2. The summed E-state index contributed by atoms with van der Waals surface area (Å²) < 4.78 is 0. The minimum atomic E-state index is -0.859. The molecule has 4 rings (SSSR count). The van der Waals surface area contributed by atoms with Crippen LogP contribution >= 0.6 is 0 Å². The first-order valence-corrected chi connectivity index (χ1v) is 7.93. The van der Waals surface area contributed by atoms with Gasteiger partial charge in [-0.15, -0.1) is 0 Å². The van der Waals surface area contributed by atoms with Crippen LogP contribution in [0.15, 0.2) is 11.6 Å². The molecular weight excluding hydrogens is 252 g/mol. The van der Waals surface area contributed by atoms with Gasteiger partial charge in [0.05, 0.1) is 5.60 Å². The summed E-state index contributed by atoms with van der Waals surface area (Å²) in [6.07, 6.45) is 7.25. The maximum absolute atomic E-state index is 11.4. The number of carboxylic acids is 1. The fourth-order valence-corrected chi connectivity index (χ4v) is 5.91. The number of hydrogen-bond donors (Lipinski definition) is 2. The Kier molecular flexibility index (Phi) is 3.06. The van der Waals surface area contributed by atoms with E-state index in [1.807, 2.05) is 6.08 Å². The van der Waals surface area contributed by atoms with E-state index in [1.165, 1.54) is 19.3 Å². The van der Waals surface area contributed by atoms with Crippen molar-refractivity contribution in [1.29, 1.82) is 0 Å². The number of carbonyl (C=O) groups is 1.